The number of aliphatic hydroxyl groups excluding tert-OH is 2. The second-order valence-electron chi connectivity index (χ2n) is 12.3. The van der Waals surface area contributed by atoms with Crippen LogP contribution in [0.1, 0.15) is 48.0 Å². The van der Waals surface area contributed by atoms with Gasteiger partial charge in [-0.25, -0.2) is 0 Å². The second-order valence-corrected chi connectivity index (χ2v) is 14.4. The Morgan fingerprint density at radius 3 is 2.28 bits per heavy atom. The molecule has 14 heteroatoms. The van der Waals surface area contributed by atoms with E-state index in [1.54, 1.807) is 33.1 Å². The highest BCUT2D eigenvalue weighted by atomic mass is 79.9. The molecule has 0 radical (unpaired) electrons. The number of likely N-dealkylation sites (N-methyl/N-ethyl adjacent to an activating group) is 1. The number of amides is 2. The van der Waals surface area contributed by atoms with Gasteiger partial charge in [0.2, 0.25) is 11.7 Å². The Morgan fingerprint density at radius 2 is 1.77 bits per heavy atom. The van der Waals surface area contributed by atoms with E-state index in [0.717, 1.165) is 19.3 Å². The van der Waals surface area contributed by atoms with E-state index in [1.165, 1.54) is 4.90 Å². The maximum Gasteiger partial charge on any atom is 0.255 e. The number of primary amides is 1. The molecule has 232 valence electrons. The summed E-state index contributed by atoms with van der Waals surface area (Å²) in [6.07, 6.45) is 2.72. The minimum absolute atomic E-state index is 0.0225. The van der Waals surface area contributed by atoms with Gasteiger partial charge in [-0.3, -0.25) is 24.1 Å². The summed E-state index contributed by atoms with van der Waals surface area (Å²) in [4.78, 5) is 56.0. The zero-order valence-electron chi connectivity index (χ0n) is 24.1. The summed E-state index contributed by atoms with van der Waals surface area (Å²) in [5, 5.41) is 48.3. The van der Waals surface area contributed by atoms with Crippen LogP contribution < -0.4 is 16.0 Å². The first-order valence-electron chi connectivity index (χ1n) is 13.8. The fraction of sp³-hybridized carbons (Fsp3) is 0.517. The molecular formula is C29H34BrClN4O8. The summed E-state index contributed by atoms with van der Waals surface area (Å²) in [5.74, 6) is -8.02. The number of carbonyl (C=O) groups is 4. The summed E-state index contributed by atoms with van der Waals surface area (Å²) in [6, 6.07) is -1.10. The number of phenolic OH excluding ortho intramolecular Hbond substituents is 1. The van der Waals surface area contributed by atoms with Crippen LogP contribution in [0.15, 0.2) is 22.7 Å². The monoisotopic (exact) mass is 680 g/mol. The molecule has 43 heavy (non-hydrogen) atoms. The molecule has 2 amide bonds. The van der Waals surface area contributed by atoms with Gasteiger partial charge in [0, 0.05) is 36.3 Å². The molecule has 4 aliphatic carbocycles. The average Bonchev–Trinajstić information content (AvgIpc) is 2.87. The molecule has 0 saturated heterocycles. The summed E-state index contributed by atoms with van der Waals surface area (Å²) < 4.78 is -0.352. The normalized spacial score (nSPS) is 27.8. The van der Waals surface area contributed by atoms with Crippen molar-refractivity contribution in [2.75, 3.05) is 38.4 Å². The maximum absolute atomic E-state index is 14.2. The number of hydrogen-bond donors (Lipinski definition) is 6. The molecule has 5 rings (SSSR count). The van der Waals surface area contributed by atoms with Crippen LogP contribution in [-0.4, -0.2) is 92.9 Å². The van der Waals surface area contributed by atoms with Gasteiger partial charge in [-0.05, 0) is 51.3 Å². The molecule has 1 fully saturated rings. The quantitative estimate of drug-likeness (QED) is 0.148. The number of anilines is 2. The molecule has 0 aromatic heterocycles. The van der Waals surface area contributed by atoms with Gasteiger partial charge >= 0.3 is 0 Å². The second kappa shape index (κ2) is 10.5. The predicted octanol–water partition coefficient (Wildman–Crippen LogP) is 2.49. The summed E-state index contributed by atoms with van der Waals surface area (Å²) >= 11 is 10.4. The first kappa shape index (κ1) is 31.3. The van der Waals surface area contributed by atoms with Crippen LogP contribution in [0.3, 0.4) is 0 Å². The topological polar surface area (TPSA) is 194 Å². The van der Waals surface area contributed by atoms with Crippen molar-refractivity contribution in [2.24, 2.45) is 17.6 Å². The maximum atomic E-state index is 14.2. The van der Waals surface area contributed by atoms with Crippen molar-refractivity contribution in [1.82, 2.24) is 4.90 Å². The number of aliphatic hydroxyl groups is 3. The molecule has 7 N–H and O–H groups in total. The predicted molar refractivity (Wildman–Crippen MR) is 162 cm³/mol. The number of ketones is 2. The molecule has 12 nitrogen and oxygen atoms in total. The van der Waals surface area contributed by atoms with Crippen LogP contribution in [0.25, 0.3) is 0 Å². The van der Waals surface area contributed by atoms with Gasteiger partial charge in [-0.2, -0.15) is 0 Å². The number of nitrogens with zero attached hydrogens (tertiary/aromatic N) is 2. The molecule has 2 unspecified atom stereocenters. The molecule has 0 spiro atoms. The highest BCUT2D eigenvalue weighted by Crippen LogP contribution is 2.55. The van der Waals surface area contributed by atoms with E-state index in [2.05, 4.69) is 21.2 Å². The van der Waals surface area contributed by atoms with Gasteiger partial charge < -0.3 is 36.4 Å². The highest BCUT2D eigenvalue weighted by Gasteiger charge is 2.63. The van der Waals surface area contributed by atoms with Gasteiger partial charge in [0.25, 0.3) is 5.91 Å². The molecule has 1 saturated carbocycles. The van der Waals surface area contributed by atoms with Crippen molar-refractivity contribution in [2.45, 2.75) is 54.5 Å². The Kier molecular flexibility index (Phi) is 7.64. The lowest BCUT2D eigenvalue weighted by Gasteiger charge is -2.50. The van der Waals surface area contributed by atoms with E-state index in [9.17, 15) is 39.6 Å². The average molecular weight is 682 g/mol. The molecule has 4 aliphatic rings. The van der Waals surface area contributed by atoms with E-state index in [-0.39, 0.29) is 45.4 Å². The Labute approximate surface area is 261 Å². The molecule has 0 aliphatic heterocycles. The number of hydrogen-bond acceptors (Lipinski definition) is 10. The van der Waals surface area contributed by atoms with Gasteiger partial charge in [0.1, 0.15) is 22.8 Å². The van der Waals surface area contributed by atoms with Crippen molar-refractivity contribution < 1.29 is 39.6 Å². The zero-order chi connectivity index (χ0) is 31.9. The smallest absolute Gasteiger partial charge is 0.255 e. The minimum Gasteiger partial charge on any atom is -0.510 e. The largest absolute Gasteiger partial charge is 0.510 e. The van der Waals surface area contributed by atoms with Crippen molar-refractivity contribution in [3.05, 3.63) is 38.8 Å². The fourth-order valence-corrected chi connectivity index (χ4v) is 8.36. The Hall–Kier alpha value is -3.13. The van der Waals surface area contributed by atoms with E-state index in [0.29, 0.717) is 11.3 Å². The third-order valence-corrected chi connectivity index (χ3v) is 10.7. The lowest BCUT2D eigenvalue weighted by atomic mass is 9.58. The highest BCUT2D eigenvalue weighted by molar-refractivity contribution is 9.10. The molecule has 1 aromatic rings. The van der Waals surface area contributed by atoms with Gasteiger partial charge in [-0.15, -0.1) is 0 Å². The van der Waals surface area contributed by atoms with Crippen molar-refractivity contribution >= 4 is 62.3 Å². The van der Waals surface area contributed by atoms with E-state index >= 15 is 0 Å². The number of benzene rings is 1. The number of nitrogens with one attached hydrogen (secondary N) is 1. The number of rotatable bonds is 6. The first-order valence-corrected chi connectivity index (χ1v) is 15.0. The van der Waals surface area contributed by atoms with E-state index < -0.39 is 69.7 Å². The number of alkyl halides is 1. The van der Waals surface area contributed by atoms with Crippen molar-refractivity contribution in [3.8, 4) is 5.75 Å². The van der Waals surface area contributed by atoms with Crippen LogP contribution >= 0.6 is 27.5 Å². The fourth-order valence-electron chi connectivity index (χ4n) is 7.12. The van der Waals surface area contributed by atoms with Crippen molar-refractivity contribution in [3.63, 3.8) is 0 Å². The van der Waals surface area contributed by atoms with Crippen LogP contribution in [0, 0.1) is 11.8 Å². The number of phenols is 1. The van der Waals surface area contributed by atoms with E-state index in [4.69, 9.17) is 17.3 Å². The third-order valence-electron chi connectivity index (χ3n) is 9.24. The first-order chi connectivity index (χ1) is 20.0. The number of allylic oxidation sites excluding steroid dienone is 1. The lowest BCUT2D eigenvalue weighted by Crippen LogP contribution is -2.63. The Balaban J connectivity index is 1.67. The molecular weight excluding hydrogens is 648 g/mol. The summed E-state index contributed by atoms with van der Waals surface area (Å²) in [7, 11) is 6.50. The molecule has 1 aromatic carbocycles. The number of fused-ring (bicyclic) bond motifs is 3. The van der Waals surface area contributed by atoms with Gasteiger partial charge in [-0.1, -0.05) is 34.0 Å². The van der Waals surface area contributed by atoms with Gasteiger partial charge in [0.15, 0.2) is 17.1 Å². The number of Topliss-reactive ketones (excluding diaryl/α,β-unsaturated/α-hetero) is 2. The van der Waals surface area contributed by atoms with Crippen LogP contribution in [0.2, 0.25) is 5.02 Å². The number of carbonyl (C=O) groups excluding carboxylic acids is 4. The van der Waals surface area contributed by atoms with Crippen molar-refractivity contribution in [1.29, 1.82) is 0 Å². The third kappa shape index (κ3) is 4.54. The van der Waals surface area contributed by atoms with E-state index in [1.807, 2.05) is 0 Å². The number of nitrogens with two attached hydrogens (primary N) is 1. The van der Waals surface area contributed by atoms with Gasteiger partial charge in [0.05, 0.1) is 22.3 Å². The Morgan fingerprint density at radius 1 is 1.14 bits per heavy atom. The number of halogens is 2. The molecule has 4 atom stereocenters. The SMILES string of the molecule is CN(C)c1c(Cl)c(NC(=O)CC2(Br)CCC2)c(O)c2c1CC1CC3[C@H](N(C)C)C(O)=C(C(N)=O)C(=O)[C@@]3(O)C(O)=C1C2=O. The summed E-state index contributed by atoms with van der Waals surface area (Å²) in [6.45, 7) is 0. The minimum atomic E-state index is -2.75. The Bertz CT molecular complexity index is 1550. The van der Waals surface area contributed by atoms with Crippen LogP contribution in [-0.2, 0) is 20.8 Å². The number of aromatic hydroxyl groups is 1. The standard InChI is InChI=1S/C29H34BrClN4O8/c1-34(2)20-12-8-11-9-13-21(35(3)4)24(39)17(27(32)42)26(41)29(13,43)25(40)15(11)22(37)16(12)23(38)19(18(20)31)33-14(36)10-28(30)6-5-7-28/h11,13,21,38-40,43H,5-10H2,1-4H3,(H2,32,42)(H,33,36)/t11?,13?,21-,29-/m0/s1. The van der Waals surface area contributed by atoms with Crippen LogP contribution in [0.4, 0.5) is 11.4 Å². The lowest BCUT2D eigenvalue weighted by molar-refractivity contribution is -0.148. The zero-order valence-corrected chi connectivity index (χ0v) is 26.5. The summed E-state index contributed by atoms with van der Waals surface area (Å²) in [5.41, 5.74) is 1.79. The molecule has 0 heterocycles. The molecule has 0 bridgehead atoms. The van der Waals surface area contributed by atoms with Crippen LogP contribution in [0.5, 0.6) is 5.75 Å².